The first-order valence-electron chi connectivity index (χ1n) is 7.26. The number of para-hydroxylation sites is 1. The Balaban J connectivity index is 0.00000400. The minimum absolute atomic E-state index is 0. The van der Waals surface area contributed by atoms with Crippen LogP contribution >= 0.6 is 24.0 Å². The highest BCUT2D eigenvalue weighted by molar-refractivity contribution is 14.0. The highest BCUT2D eigenvalue weighted by Crippen LogP contribution is 2.15. The summed E-state index contributed by atoms with van der Waals surface area (Å²) in [6.45, 7) is 8.90. The molecule has 2 N–H and O–H groups in total. The van der Waals surface area contributed by atoms with Crippen LogP contribution in [0.3, 0.4) is 0 Å². The topological polar surface area (TPSA) is 45.7 Å². The van der Waals surface area contributed by atoms with Crippen LogP contribution in [0.5, 0.6) is 5.75 Å². The summed E-state index contributed by atoms with van der Waals surface area (Å²) >= 11 is 0. The molecule has 0 saturated carbocycles. The normalized spacial score (nSPS) is 11.0. The molecular weight excluding hydrogens is 377 g/mol. The molecule has 0 aromatic heterocycles. The van der Waals surface area contributed by atoms with Gasteiger partial charge in [-0.05, 0) is 30.9 Å². The monoisotopic (exact) mass is 405 g/mol. The van der Waals surface area contributed by atoms with Crippen LogP contribution in [0.25, 0.3) is 0 Å². The standard InChI is InChI=1S/C16H27N3O.HI/c1-13(2)12-19-16(17-4)18-10-7-11-20-15-9-6-5-8-14(15)3;/h5-6,8-9,13H,7,10-12H2,1-4H3,(H2,17,18,19);1H. The number of nitrogens with zero attached hydrogens (tertiary/aromatic N) is 1. The van der Waals surface area contributed by atoms with Crippen molar-refractivity contribution in [3.8, 4) is 5.75 Å². The molecule has 0 fully saturated rings. The van der Waals surface area contributed by atoms with Crippen molar-refractivity contribution in [2.24, 2.45) is 10.9 Å². The fourth-order valence-electron chi connectivity index (χ4n) is 1.70. The Morgan fingerprint density at radius 1 is 1.24 bits per heavy atom. The Hall–Kier alpha value is -0.980. The molecule has 5 heteroatoms. The van der Waals surface area contributed by atoms with Gasteiger partial charge in [-0.25, -0.2) is 0 Å². The molecule has 0 atom stereocenters. The molecule has 120 valence electrons. The lowest BCUT2D eigenvalue weighted by molar-refractivity contribution is 0.309. The fourth-order valence-corrected chi connectivity index (χ4v) is 1.70. The van der Waals surface area contributed by atoms with E-state index >= 15 is 0 Å². The predicted octanol–water partition coefficient (Wildman–Crippen LogP) is 3.20. The van der Waals surface area contributed by atoms with Crippen molar-refractivity contribution in [1.82, 2.24) is 10.6 Å². The number of aryl methyl sites for hydroxylation is 1. The number of benzene rings is 1. The van der Waals surface area contributed by atoms with E-state index < -0.39 is 0 Å². The van der Waals surface area contributed by atoms with Crippen molar-refractivity contribution >= 4 is 29.9 Å². The predicted molar refractivity (Wildman–Crippen MR) is 101 cm³/mol. The summed E-state index contributed by atoms with van der Waals surface area (Å²) < 4.78 is 5.75. The SMILES string of the molecule is CN=C(NCCCOc1ccccc1C)NCC(C)C.I. The maximum absolute atomic E-state index is 5.75. The number of hydrogen-bond donors (Lipinski definition) is 2. The maximum Gasteiger partial charge on any atom is 0.190 e. The summed E-state index contributed by atoms with van der Waals surface area (Å²) in [6.07, 6.45) is 0.941. The zero-order chi connectivity index (χ0) is 14.8. The maximum atomic E-state index is 5.75. The lowest BCUT2D eigenvalue weighted by Gasteiger charge is -2.14. The van der Waals surface area contributed by atoms with Crippen molar-refractivity contribution in [2.45, 2.75) is 27.2 Å². The number of halogens is 1. The molecule has 0 bridgehead atoms. The van der Waals surface area contributed by atoms with E-state index in [1.54, 1.807) is 7.05 Å². The third kappa shape index (κ3) is 8.80. The Morgan fingerprint density at radius 3 is 2.57 bits per heavy atom. The number of rotatable bonds is 7. The number of nitrogens with one attached hydrogen (secondary N) is 2. The molecule has 21 heavy (non-hydrogen) atoms. The first-order chi connectivity index (χ1) is 9.63. The van der Waals surface area contributed by atoms with Gasteiger partial charge < -0.3 is 15.4 Å². The summed E-state index contributed by atoms with van der Waals surface area (Å²) in [4.78, 5) is 4.18. The summed E-state index contributed by atoms with van der Waals surface area (Å²) in [5, 5.41) is 6.57. The van der Waals surface area contributed by atoms with E-state index in [1.807, 2.05) is 18.2 Å². The molecule has 0 saturated heterocycles. The molecule has 0 unspecified atom stereocenters. The number of ether oxygens (including phenoxy) is 1. The van der Waals surface area contributed by atoms with Gasteiger partial charge in [-0.3, -0.25) is 4.99 Å². The molecule has 1 aromatic carbocycles. The van der Waals surface area contributed by atoms with Crippen LogP contribution in [0.15, 0.2) is 29.3 Å². The summed E-state index contributed by atoms with van der Waals surface area (Å²) in [6, 6.07) is 8.09. The van der Waals surface area contributed by atoms with Gasteiger partial charge >= 0.3 is 0 Å². The van der Waals surface area contributed by atoms with Crippen LogP contribution in [0.2, 0.25) is 0 Å². The quantitative estimate of drug-likeness (QED) is 0.317. The van der Waals surface area contributed by atoms with Gasteiger partial charge in [0.15, 0.2) is 5.96 Å². The van der Waals surface area contributed by atoms with Gasteiger partial charge in [0.25, 0.3) is 0 Å². The van der Waals surface area contributed by atoms with Crippen molar-refractivity contribution in [3.63, 3.8) is 0 Å². The van der Waals surface area contributed by atoms with Crippen molar-refractivity contribution in [2.75, 3.05) is 26.7 Å². The Kier molecular flexibility index (Phi) is 11.1. The summed E-state index contributed by atoms with van der Waals surface area (Å²) in [5.74, 6) is 2.43. The average Bonchev–Trinajstić information content (AvgIpc) is 2.43. The molecule has 0 spiro atoms. The van der Waals surface area contributed by atoms with E-state index in [9.17, 15) is 0 Å². The van der Waals surface area contributed by atoms with Gasteiger partial charge in [0.2, 0.25) is 0 Å². The van der Waals surface area contributed by atoms with Crippen LogP contribution in [0.4, 0.5) is 0 Å². The zero-order valence-corrected chi connectivity index (χ0v) is 15.8. The third-order valence-electron chi connectivity index (χ3n) is 2.87. The molecule has 0 amide bonds. The molecule has 1 aromatic rings. The summed E-state index contributed by atoms with van der Waals surface area (Å²) in [5.41, 5.74) is 1.18. The Bertz CT molecular complexity index is 422. The molecule has 0 radical (unpaired) electrons. The first kappa shape index (κ1) is 20.0. The van der Waals surface area contributed by atoms with E-state index in [1.165, 1.54) is 5.56 Å². The highest BCUT2D eigenvalue weighted by atomic mass is 127. The smallest absolute Gasteiger partial charge is 0.190 e. The highest BCUT2D eigenvalue weighted by Gasteiger charge is 2.00. The van der Waals surface area contributed by atoms with E-state index in [0.29, 0.717) is 12.5 Å². The Morgan fingerprint density at radius 2 is 1.95 bits per heavy atom. The average molecular weight is 405 g/mol. The number of aliphatic imine (C=N–C) groups is 1. The van der Waals surface area contributed by atoms with E-state index in [-0.39, 0.29) is 24.0 Å². The number of hydrogen-bond acceptors (Lipinski definition) is 2. The van der Waals surface area contributed by atoms with Crippen molar-refractivity contribution in [1.29, 1.82) is 0 Å². The van der Waals surface area contributed by atoms with Gasteiger partial charge in [-0.15, -0.1) is 24.0 Å². The fraction of sp³-hybridized carbons (Fsp3) is 0.562. The second-order valence-corrected chi connectivity index (χ2v) is 5.24. The van der Waals surface area contributed by atoms with Crippen LogP contribution in [0, 0.1) is 12.8 Å². The molecule has 0 heterocycles. The molecule has 0 aliphatic heterocycles. The van der Waals surface area contributed by atoms with Crippen LogP contribution in [-0.2, 0) is 0 Å². The van der Waals surface area contributed by atoms with Crippen molar-refractivity contribution < 1.29 is 4.74 Å². The molecule has 1 rings (SSSR count). The molecular formula is C16H28IN3O. The third-order valence-corrected chi connectivity index (χ3v) is 2.87. The second kappa shape index (κ2) is 11.7. The van der Waals surface area contributed by atoms with Gasteiger partial charge in [-0.1, -0.05) is 32.0 Å². The van der Waals surface area contributed by atoms with Crippen LogP contribution < -0.4 is 15.4 Å². The Labute approximate surface area is 145 Å². The minimum Gasteiger partial charge on any atom is -0.493 e. The molecule has 4 nitrogen and oxygen atoms in total. The minimum atomic E-state index is 0. The van der Waals surface area contributed by atoms with Gasteiger partial charge in [-0.2, -0.15) is 0 Å². The van der Waals surface area contributed by atoms with Gasteiger partial charge in [0.05, 0.1) is 6.61 Å². The van der Waals surface area contributed by atoms with E-state index in [0.717, 1.165) is 31.2 Å². The first-order valence-corrected chi connectivity index (χ1v) is 7.26. The van der Waals surface area contributed by atoms with E-state index in [4.69, 9.17) is 4.74 Å². The molecule has 0 aliphatic rings. The largest absolute Gasteiger partial charge is 0.493 e. The van der Waals surface area contributed by atoms with E-state index in [2.05, 4.69) is 42.5 Å². The zero-order valence-electron chi connectivity index (χ0n) is 13.5. The summed E-state index contributed by atoms with van der Waals surface area (Å²) in [7, 11) is 1.79. The van der Waals surface area contributed by atoms with Crippen LogP contribution in [-0.4, -0.2) is 32.7 Å². The van der Waals surface area contributed by atoms with Gasteiger partial charge in [0.1, 0.15) is 5.75 Å². The lowest BCUT2D eigenvalue weighted by atomic mass is 10.2. The van der Waals surface area contributed by atoms with Crippen LogP contribution in [0.1, 0.15) is 25.8 Å². The lowest BCUT2D eigenvalue weighted by Crippen LogP contribution is -2.39. The molecule has 0 aliphatic carbocycles. The number of guanidine groups is 1. The van der Waals surface area contributed by atoms with Crippen molar-refractivity contribution in [3.05, 3.63) is 29.8 Å². The second-order valence-electron chi connectivity index (χ2n) is 5.24. The van der Waals surface area contributed by atoms with Gasteiger partial charge in [0, 0.05) is 20.1 Å².